The third kappa shape index (κ3) is 2.12. The summed E-state index contributed by atoms with van der Waals surface area (Å²) in [5, 5.41) is 2.48. The minimum Gasteiger partial charge on any atom is -0.398 e. The first kappa shape index (κ1) is 14.8. The molecule has 0 radical (unpaired) electrons. The lowest BCUT2D eigenvalue weighted by Crippen LogP contribution is -1.93. The van der Waals surface area contributed by atoms with Gasteiger partial charge >= 0.3 is 0 Å². The van der Waals surface area contributed by atoms with Crippen LogP contribution in [0, 0.1) is 0 Å². The van der Waals surface area contributed by atoms with Gasteiger partial charge < -0.3 is 10.3 Å². The first-order valence-corrected chi connectivity index (χ1v) is 8.77. The molecule has 5 aromatic rings. The van der Waals surface area contributed by atoms with Gasteiger partial charge in [-0.25, -0.2) is 0 Å². The minimum atomic E-state index is 0.802. The summed E-state index contributed by atoms with van der Waals surface area (Å²) in [5.41, 5.74) is 12.9. The molecule has 0 spiro atoms. The number of nitrogens with two attached hydrogens (primary N) is 1. The Labute approximate surface area is 152 Å². The Hall–Kier alpha value is -3.52. The van der Waals surface area contributed by atoms with E-state index >= 15 is 0 Å². The number of nitrogen functional groups attached to an aromatic ring is 1. The van der Waals surface area contributed by atoms with Crippen molar-refractivity contribution in [3.63, 3.8) is 0 Å². The number of hydrogen-bond donors (Lipinski definition) is 1. The van der Waals surface area contributed by atoms with Crippen molar-refractivity contribution in [3.05, 3.63) is 97.1 Å². The van der Waals surface area contributed by atoms with E-state index in [1.807, 2.05) is 24.3 Å². The van der Waals surface area contributed by atoms with Gasteiger partial charge in [0.05, 0.1) is 11.0 Å². The van der Waals surface area contributed by atoms with Crippen LogP contribution in [0.4, 0.5) is 5.69 Å². The lowest BCUT2D eigenvalue weighted by molar-refractivity contribution is 1.18. The van der Waals surface area contributed by atoms with Crippen LogP contribution in [0.2, 0.25) is 0 Å². The van der Waals surface area contributed by atoms with E-state index in [2.05, 4.69) is 77.4 Å². The summed E-state index contributed by atoms with van der Waals surface area (Å²) in [5.74, 6) is 0. The molecule has 0 fully saturated rings. The molecule has 2 N–H and O–H groups in total. The third-order valence-electron chi connectivity index (χ3n) is 4.96. The van der Waals surface area contributed by atoms with Crippen molar-refractivity contribution >= 4 is 27.5 Å². The molecule has 0 saturated heterocycles. The van der Waals surface area contributed by atoms with Crippen LogP contribution in [-0.4, -0.2) is 4.57 Å². The largest absolute Gasteiger partial charge is 0.398 e. The highest BCUT2D eigenvalue weighted by Crippen LogP contribution is 2.39. The topological polar surface area (TPSA) is 30.9 Å². The molecule has 0 bridgehead atoms. The highest BCUT2D eigenvalue weighted by Gasteiger charge is 2.16. The van der Waals surface area contributed by atoms with E-state index < -0.39 is 0 Å². The SMILES string of the molecule is Nc1ccccc1-c1cccc2c1c1ccccc1n2-c1ccccc1. The second-order valence-electron chi connectivity index (χ2n) is 6.48. The zero-order chi connectivity index (χ0) is 17.5. The van der Waals surface area contributed by atoms with Crippen molar-refractivity contribution in [1.29, 1.82) is 0 Å². The molecule has 0 unspecified atom stereocenters. The number of nitrogens with zero attached hydrogens (tertiary/aromatic N) is 1. The Kier molecular flexibility index (Phi) is 3.29. The van der Waals surface area contributed by atoms with Gasteiger partial charge in [0.25, 0.3) is 0 Å². The van der Waals surface area contributed by atoms with Gasteiger partial charge in [-0.05, 0) is 35.9 Å². The van der Waals surface area contributed by atoms with Gasteiger partial charge in [0.2, 0.25) is 0 Å². The Bertz CT molecular complexity index is 1230. The van der Waals surface area contributed by atoms with Crippen LogP contribution in [0.3, 0.4) is 0 Å². The molecule has 26 heavy (non-hydrogen) atoms. The second kappa shape index (κ2) is 5.78. The van der Waals surface area contributed by atoms with Crippen LogP contribution in [0.15, 0.2) is 97.1 Å². The first-order chi connectivity index (χ1) is 12.8. The number of aromatic nitrogens is 1. The number of benzene rings is 4. The molecule has 124 valence electrons. The summed E-state index contributed by atoms with van der Waals surface area (Å²) >= 11 is 0. The van der Waals surface area contributed by atoms with Crippen LogP contribution in [0.5, 0.6) is 0 Å². The molecule has 0 saturated carbocycles. The van der Waals surface area contributed by atoms with E-state index in [0.717, 1.165) is 16.9 Å². The molecule has 2 heteroatoms. The normalized spacial score (nSPS) is 11.2. The summed E-state index contributed by atoms with van der Waals surface area (Å²) in [6, 6.07) is 33.6. The number of rotatable bonds is 2. The Morgan fingerprint density at radius 3 is 2.04 bits per heavy atom. The molecule has 0 aliphatic carbocycles. The molecule has 1 aromatic heterocycles. The standard InChI is InChI=1S/C24H18N2/c25-21-14-6-4-11-18(21)19-13-8-16-23-24(19)20-12-5-7-15-22(20)26(23)17-9-2-1-3-10-17/h1-16H,25H2. The highest BCUT2D eigenvalue weighted by atomic mass is 15.0. The van der Waals surface area contributed by atoms with Crippen LogP contribution < -0.4 is 5.73 Å². The summed E-state index contributed by atoms with van der Waals surface area (Å²) in [7, 11) is 0. The molecule has 0 aliphatic rings. The fraction of sp³-hybridized carbons (Fsp3) is 0. The molecule has 0 atom stereocenters. The number of fused-ring (bicyclic) bond motifs is 3. The van der Waals surface area contributed by atoms with Gasteiger partial charge in [-0.15, -0.1) is 0 Å². The molecule has 0 aliphatic heterocycles. The maximum absolute atomic E-state index is 6.30. The van der Waals surface area contributed by atoms with E-state index in [9.17, 15) is 0 Å². The summed E-state index contributed by atoms with van der Waals surface area (Å²) < 4.78 is 2.33. The Morgan fingerprint density at radius 1 is 0.538 bits per heavy atom. The van der Waals surface area contributed by atoms with Crippen molar-refractivity contribution in [2.24, 2.45) is 0 Å². The van der Waals surface area contributed by atoms with Crippen molar-refractivity contribution < 1.29 is 0 Å². The van der Waals surface area contributed by atoms with Gasteiger partial charge in [-0.3, -0.25) is 0 Å². The van der Waals surface area contributed by atoms with Crippen LogP contribution in [-0.2, 0) is 0 Å². The Morgan fingerprint density at radius 2 is 1.19 bits per heavy atom. The van der Waals surface area contributed by atoms with Crippen molar-refractivity contribution in [1.82, 2.24) is 4.57 Å². The summed E-state index contributed by atoms with van der Waals surface area (Å²) in [4.78, 5) is 0. The highest BCUT2D eigenvalue weighted by molar-refractivity contribution is 6.16. The molecule has 5 rings (SSSR count). The quantitative estimate of drug-likeness (QED) is 0.392. The lowest BCUT2D eigenvalue weighted by atomic mass is 9.98. The van der Waals surface area contributed by atoms with E-state index in [4.69, 9.17) is 5.73 Å². The molecule has 0 amide bonds. The van der Waals surface area contributed by atoms with E-state index in [-0.39, 0.29) is 0 Å². The minimum absolute atomic E-state index is 0.802. The lowest BCUT2D eigenvalue weighted by Gasteiger charge is -2.09. The van der Waals surface area contributed by atoms with Crippen LogP contribution in [0.25, 0.3) is 38.6 Å². The Balaban J connectivity index is 1.97. The zero-order valence-corrected chi connectivity index (χ0v) is 14.3. The average molecular weight is 334 g/mol. The smallest absolute Gasteiger partial charge is 0.0547 e. The second-order valence-corrected chi connectivity index (χ2v) is 6.48. The van der Waals surface area contributed by atoms with Gasteiger partial charge in [0, 0.05) is 27.7 Å². The van der Waals surface area contributed by atoms with Crippen molar-refractivity contribution in [3.8, 4) is 16.8 Å². The van der Waals surface area contributed by atoms with Crippen molar-refractivity contribution in [2.75, 3.05) is 5.73 Å². The first-order valence-electron chi connectivity index (χ1n) is 8.77. The number of anilines is 1. The number of hydrogen-bond acceptors (Lipinski definition) is 1. The van der Waals surface area contributed by atoms with E-state index in [1.54, 1.807) is 0 Å². The summed E-state index contributed by atoms with van der Waals surface area (Å²) in [6.07, 6.45) is 0. The van der Waals surface area contributed by atoms with E-state index in [1.165, 1.54) is 27.4 Å². The van der Waals surface area contributed by atoms with Gasteiger partial charge in [0.15, 0.2) is 0 Å². The maximum Gasteiger partial charge on any atom is 0.0547 e. The van der Waals surface area contributed by atoms with E-state index in [0.29, 0.717) is 0 Å². The summed E-state index contributed by atoms with van der Waals surface area (Å²) in [6.45, 7) is 0. The van der Waals surface area contributed by atoms with Crippen LogP contribution >= 0.6 is 0 Å². The molecular weight excluding hydrogens is 316 g/mol. The van der Waals surface area contributed by atoms with Gasteiger partial charge in [0.1, 0.15) is 0 Å². The van der Waals surface area contributed by atoms with Crippen molar-refractivity contribution in [2.45, 2.75) is 0 Å². The molecule has 2 nitrogen and oxygen atoms in total. The molecule has 1 heterocycles. The number of para-hydroxylation sites is 3. The molecule has 4 aromatic carbocycles. The van der Waals surface area contributed by atoms with Crippen LogP contribution in [0.1, 0.15) is 0 Å². The average Bonchev–Trinajstić information content (AvgIpc) is 3.04. The fourth-order valence-electron chi connectivity index (χ4n) is 3.84. The predicted molar refractivity (Wildman–Crippen MR) is 111 cm³/mol. The maximum atomic E-state index is 6.30. The molecular formula is C24H18N2. The van der Waals surface area contributed by atoms with Gasteiger partial charge in [-0.1, -0.05) is 66.7 Å². The van der Waals surface area contributed by atoms with Gasteiger partial charge in [-0.2, -0.15) is 0 Å². The zero-order valence-electron chi connectivity index (χ0n) is 14.3. The third-order valence-corrected chi connectivity index (χ3v) is 4.96. The monoisotopic (exact) mass is 334 g/mol. The predicted octanol–water partition coefficient (Wildman–Crippen LogP) is 6.03. The fourth-order valence-corrected chi connectivity index (χ4v) is 3.84.